The fourth-order valence-corrected chi connectivity index (χ4v) is 3.38. The molecule has 0 saturated heterocycles. The Labute approximate surface area is 169 Å². The number of nitrogens with zero attached hydrogens (tertiary/aromatic N) is 2. The van der Waals surface area contributed by atoms with Crippen molar-refractivity contribution < 1.29 is 14.4 Å². The first-order chi connectivity index (χ1) is 14.1. The highest BCUT2D eigenvalue weighted by molar-refractivity contribution is 6.17. The van der Waals surface area contributed by atoms with Crippen molar-refractivity contribution in [3.63, 3.8) is 0 Å². The average molecular weight is 387 g/mol. The van der Waals surface area contributed by atoms with Gasteiger partial charge in [-0.2, -0.15) is 0 Å². The number of fused-ring (bicyclic) bond motifs is 1. The first-order valence-corrected chi connectivity index (χ1v) is 9.17. The van der Waals surface area contributed by atoms with Gasteiger partial charge in [0.1, 0.15) is 5.75 Å². The first-order valence-electron chi connectivity index (χ1n) is 9.17. The summed E-state index contributed by atoms with van der Waals surface area (Å²) in [5.41, 5.74) is 11.3. The Balaban J connectivity index is 1.86. The zero-order valence-electron chi connectivity index (χ0n) is 16.3. The lowest BCUT2D eigenvalue weighted by Crippen LogP contribution is -2.18. The number of methoxy groups -OCH3 is 1. The lowest BCUT2D eigenvalue weighted by atomic mass is 9.95. The maximum absolute atomic E-state index is 11.6. The van der Waals surface area contributed by atoms with Gasteiger partial charge in [-0.1, -0.05) is 30.3 Å². The van der Waals surface area contributed by atoms with Crippen molar-refractivity contribution in [1.29, 1.82) is 0 Å². The van der Waals surface area contributed by atoms with Crippen molar-refractivity contribution >= 4 is 17.3 Å². The molecule has 3 aromatic carbocycles. The van der Waals surface area contributed by atoms with E-state index in [9.17, 15) is 4.79 Å². The number of primary amides is 1. The van der Waals surface area contributed by atoms with Crippen molar-refractivity contribution in [2.45, 2.75) is 0 Å². The van der Waals surface area contributed by atoms with Crippen molar-refractivity contribution in [3.8, 4) is 16.9 Å². The van der Waals surface area contributed by atoms with Gasteiger partial charge in [0.2, 0.25) is 5.91 Å². The minimum absolute atomic E-state index is 0.176. The van der Waals surface area contributed by atoms with Crippen LogP contribution in [0.2, 0.25) is 0 Å². The normalized spacial score (nSPS) is 13.3. The summed E-state index contributed by atoms with van der Waals surface area (Å²) < 4.78 is 5.36. The number of ether oxygens (including phenoxy) is 1. The summed E-state index contributed by atoms with van der Waals surface area (Å²) in [6, 6.07) is 21.2. The molecule has 0 aromatic heterocycles. The zero-order chi connectivity index (χ0) is 20.4. The Bertz CT molecular complexity index is 1110. The number of aliphatic imine (C=N–C) groups is 1. The molecule has 146 valence electrons. The Morgan fingerprint density at radius 1 is 1.03 bits per heavy atom. The average Bonchev–Trinajstić information content (AvgIpc) is 2.92. The minimum atomic E-state index is -0.472. The number of carbonyl (C=O) groups is 1. The first kappa shape index (κ1) is 18.7. The quantitative estimate of drug-likeness (QED) is 0.741. The molecule has 3 aromatic rings. The maximum atomic E-state index is 11.6. The fraction of sp³-hybridized carbons (Fsp3) is 0.130. The van der Waals surface area contributed by atoms with Crippen molar-refractivity contribution in [1.82, 2.24) is 0 Å². The number of carbonyl (C=O) groups excluding carboxylic acids is 1. The molecule has 0 fully saturated rings. The van der Waals surface area contributed by atoms with Crippen molar-refractivity contribution in [3.05, 3.63) is 83.4 Å². The third-order valence-electron chi connectivity index (χ3n) is 4.89. The number of benzene rings is 3. The number of anilines is 1. The van der Waals surface area contributed by atoms with Crippen LogP contribution < -0.4 is 15.5 Å². The molecule has 6 heteroatoms. The van der Waals surface area contributed by atoms with Crippen LogP contribution in [0.15, 0.2) is 71.7 Å². The second kappa shape index (κ2) is 7.77. The predicted molar refractivity (Wildman–Crippen MR) is 113 cm³/mol. The van der Waals surface area contributed by atoms with Crippen LogP contribution in [0.1, 0.15) is 21.5 Å². The van der Waals surface area contributed by atoms with Crippen LogP contribution in [0.25, 0.3) is 11.1 Å². The molecule has 0 radical (unpaired) electrons. The molecular formula is C23H21N3O3. The topological polar surface area (TPSA) is 77.2 Å². The SMILES string of the molecule is COc1cccc(-c2ccc3c(c2)C(c2cccc(C(N)=O)c2)=NCON3C)c1. The lowest BCUT2D eigenvalue weighted by Gasteiger charge is -2.19. The van der Waals surface area contributed by atoms with Gasteiger partial charge in [0.05, 0.1) is 18.5 Å². The highest BCUT2D eigenvalue weighted by Gasteiger charge is 2.20. The molecule has 0 atom stereocenters. The summed E-state index contributed by atoms with van der Waals surface area (Å²) in [6.45, 7) is 0.176. The molecule has 6 nitrogen and oxygen atoms in total. The number of hydrogen-bond donors (Lipinski definition) is 1. The highest BCUT2D eigenvalue weighted by atomic mass is 16.7. The van der Waals surface area contributed by atoms with Gasteiger partial charge in [-0.25, -0.2) is 0 Å². The summed E-state index contributed by atoms with van der Waals surface area (Å²) in [5, 5.41) is 1.71. The molecule has 1 heterocycles. The van der Waals surface area contributed by atoms with E-state index in [1.165, 1.54) is 0 Å². The number of hydroxylamine groups is 1. The third kappa shape index (κ3) is 3.70. The van der Waals surface area contributed by atoms with Gasteiger partial charge in [0, 0.05) is 23.7 Å². The predicted octanol–water partition coefficient (Wildman–Crippen LogP) is 3.64. The molecule has 1 aliphatic rings. The second-order valence-corrected chi connectivity index (χ2v) is 6.67. The summed E-state index contributed by atoms with van der Waals surface area (Å²) in [7, 11) is 3.50. The second-order valence-electron chi connectivity index (χ2n) is 6.67. The van der Waals surface area contributed by atoms with E-state index in [1.54, 1.807) is 30.4 Å². The molecule has 0 saturated carbocycles. The van der Waals surface area contributed by atoms with E-state index in [0.29, 0.717) is 5.56 Å². The summed E-state index contributed by atoms with van der Waals surface area (Å²) in [4.78, 5) is 21.9. The molecular weight excluding hydrogens is 366 g/mol. The van der Waals surface area contributed by atoms with Crippen LogP contribution in [0.5, 0.6) is 5.75 Å². The van der Waals surface area contributed by atoms with Gasteiger partial charge in [0.15, 0.2) is 6.73 Å². The van der Waals surface area contributed by atoms with E-state index in [4.69, 9.17) is 15.3 Å². The van der Waals surface area contributed by atoms with Crippen LogP contribution in [0.3, 0.4) is 0 Å². The number of hydrogen-bond acceptors (Lipinski definition) is 5. The van der Waals surface area contributed by atoms with Gasteiger partial charge >= 0.3 is 0 Å². The number of amides is 1. The van der Waals surface area contributed by atoms with E-state index < -0.39 is 5.91 Å². The van der Waals surface area contributed by atoms with Gasteiger partial charge in [-0.05, 0) is 47.5 Å². The molecule has 1 amide bonds. The van der Waals surface area contributed by atoms with E-state index >= 15 is 0 Å². The van der Waals surface area contributed by atoms with Crippen LogP contribution in [0.4, 0.5) is 5.69 Å². The van der Waals surface area contributed by atoms with Crippen LogP contribution in [-0.4, -0.2) is 32.5 Å². The summed E-state index contributed by atoms with van der Waals surface area (Å²) >= 11 is 0. The van der Waals surface area contributed by atoms with Crippen molar-refractivity contribution in [2.75, 3.05) is 26.0 Å². The molecule has 2 N–H and O–H groups in total. The van der Waals surface area contributed by atoms with Crippen LogP contribution in [-0.2, 0) is 4.84 Å². The van der Waals surface area contributed by atoms with Crippen molar-refractivity contribution in [2.24, 2.45) is 10.7 Å². The Hall–Kier alpha value is -3.64. The highest BCUT2D eigenvalue weighted by Crippen LogP contribution is 2.32. The van der Waals surface area contributed by atoms with Crippen LogP contribution >= 0.6 is 0 Å². The Morgan fingerprint density at radius 3 is 2.59 bits per heavy atom. The molecule has 0 spiro atoms. The molecule has 29 heavy (non-hydrogen) atoms. The lowest BCUT2D eigenvalue weighted by molar-refractivity contribution is 0.1000. The van der Waals surface area contributed by atoms with E-state index in [0.717, 1.165) is 39.4 Å². The van der Waals surface area contributed by atoms with Gasteiger partial charge in [0.25, 0.3) is 0 Å². The van der Waals surface area contributed by atoms with Gasteiger partial charge < -0.3 is 10.5 Å². The maximum Gasteiger partial charge on any atom is 0.248 e. The summed E-state index contributed by atoms with van der Waals surface area (Å²) in [6.07, 6.45) is 0. The monoisotopic (exact) mass is 387 g/mol. The van der Waals surface area contributed by atoms with Gasteiger partial charge in [-0.15, -0.1) is 0 Å². The van der Waals surface area contributed by atoms with E-state index in [2.05, 4.69) is 11.1 Å². The zero-order valence-corrected chi connectivity index (χ0v) is 16.3. The third-order valence-corrected chi connectivity index (χ3v) is 4.89. The largest absolute Gasteiger partial charge is 0.497 e. The van der Waals surface area contributed by atoms with Crippen LogP contribution in [0, 0.1) is 0 Å². The number of nitrogens with two attached hydrogens (primary N) is 1. The fourth-order valence-electron chi connectivity index (χ4n) is 3.38. The standard InChI is InChI=1S/C23H21N3O3/c1-26-21-10-9-16(15-5-4-8-19(12-15)28-2)13-20(21)22(25-14-29-26)17-6-3-7-18(11-17)23(24)27/h3-13H,14H2,1-2H3,(H2,24,27). The molecule has 0 aliphatic carbocycles. The van der Waals surface area contributed by atoms with Gasteiger partial charge in [-0.3, -0.25) is 19.7 Å². The Kier molecular flexibility index (Phi) is 5.01. The molecule has 4 rings (SSSR count). The van der Waals surface area contributed by atoms with E-state index in [-0.39, 0.29) is 6.73 Å². The smallest absolute Gasteiger partial charge is 0.248 e. The minimum Gasteiger partial charge on any atom is -0.497 e. The molecule has 1 aliphatic heterocycles. The summed E-state index contributed by atoms with van der Waals surface area (Å²) in [5.74, 6) is 0.320. The van der Waals surface area contributed by atoms with E-state index in [1.807, 2.05) is 49.5 Å². The molecule has 0 unspecified atom stereocenters. The molecule has 0 bridgehead atoms. The number of rotatable bonds is 4. The Morgan fingerprint density at radius 2 is 1.79 bits per heavy atom.